The van der Waals surface area contributed by atoms with Crippen LogP contribution >= 0.6 is 0 Å². The third-order valence-corrected chi connectivity index (χ3v) is 16.4. The fourth-order valence-corrected chi connectivity index (χ4v) is 11.8. The summed E-state index contributed by atoms with van der Waals surface area (Å²) in [5.41, 5.74) is 23.7. The molecule has 10 rings (SSSR count). The lowest BCUT2D eigenvalue weighted by Crippen LogP contribution is -2.44. The van der Waals surface area contributed by atoms with Crippen LogP contribution in [0.15, 0.2) is 140 Å². The van der Waals surface area contributed by atoms with Gasteiger partial charge in [0.1, 0.15) is 0 Å². The first kappa shape index (κ1) is 47.6. The predicted octanol–water partition coefficient (Wildman–Crippen LogP) is 19.2. The predicted molar refractivity (Wildman–Crippen MR) is 302 cm³/mol. The van der Waals surface area contributed by atoms with Crippen LogP contribution in [0.3, 0.4) is 0 Å². The second kappa shape index (κ2) is 15.5. The number of hydrogen-bond donors (Lipinski definition) is 0. The van der Waals surface area contributed by atoms with Gasteiger partial charge >= 0.3 is 0 Å². The van der Waals surface area contributed by atoms with Crippen molar-refractivity contribution in [3.05, 3.63) is 195 Å². The van der Waals surface area contributed by atoms with E-state index in [0.717, 1.165) is 22.7 Å². The molecule has 0 fully saturated rings. The van der Waals surface area contributed by atoms with Crippen molar-refractivity contribution >= 4 is 51.2 Å². The average Bonchev–Trinajstić information content (AvgIpc) is 3.28. The topological polar surface area (TPSA) is 9.72 Å². The molecule has 70 heavy (non-hydrogen) atoms. The Bertz CT molecular complexity index is 2840. The highest BCUT2D eigenvalue weighted by atomic mass is 15.2. The molecule has 0 aromatic heterocycles. The minimum Gasteiger partial charge on any atom is -0.310 e. The molecule has 7 aromatic rings. The minimum atomic E-state index is -0.387. The molecule has 7 aromatic carbocycles. The Hall–Kier alpha value is -6.06. The number of anilines is 9. The van der Waals surface area contributed by atoms with Crippen molar-refractivity contribution in [3.8, 4) is 0 Å². The van der Waals surface area contributed by atoms with Crippen molar-refractivity contribution < 1.29 is 0 Å². The van der Waals surface area contributed by atoms with Crippen LogP contribution in [-0.2, 0) is 37.9 Å². The lowest BCUT2D eigenvalue weighted by Gasteiger charge is -2.55. The molecular weight excluding hydrogens is 847 g/mol. The summed E-state index contributed by atoms with van der Waals surface area (Å²) in [6, 6.07) is 54.5. The average molecular weight is 924 g/mol. The normalized spacial score (nSPS) is 16.2. The Labute approximate surface area is 421 Å². The van der Waals surface area contributed by atoms with Gasteiger partial charge in [0.2, 0.25) is 0 Å². The van der Waals surface area contributed by atoms with Crippen LogP contribution in [0.2, 0.25) is 0 Å². The van der Waals surface area contributed by atoms with E-state index in [1.165, 1.54) is 84.1 Å². The molecule has 0 aliphatic carbocycles. The van der Waals surface area contributed by atoms with Gasteiger partial charge in [-0.2, -0.15) is 0 Å². The number of rotatable bonds is 6. The maximum Gasteiger partial charge on any atom is 0.0545 e. The van der Waals surface area contributed by atoms with Crippen LogP contribution in [0.4, 0.5) is 51.2 Å². The second-order valence-electron chi connectivity index (χ2n) is 26.5. The lowest BCUT2D eigenvalue weighted by molar-refractivity contribution is 0.566. The smallest absolute Gasteiger partial charge is 0.0545 e. The van der Waals surface area contributed by atoms with E-state index in [2.05, 4.69) is 279 Å². The van der Waals surface area contributed by atoms with E-state index >= 15 is 0 Å². The van der Waals surface area contributed by atoms with Crippen molar-refractivity contribution in [2.24, 2.45) is 0 Å². The molecule has 360 valence electrons. The van der Waals surface area contributed by atoms with Gasteiger partial charge in [0.15, 0.2) is 0 Å². The summed E-state index contributed by atoms with van der Waals surface area (Å²) in [4.78, 5) is 7.72. The number of benzene rings is 7. The zero-order valence-electron chi connectivity index (χ0n) is 45.6. The van der Waals surface area contributed by atoms with E-state index in [1.54, 1.807) is 0 Å². The van der Waals surface area contributed by atoms with Crippen LogP contribution in [-0.4, -0.2) is 0 Å². The summed E-state index contributed by atoms with van der Waals surface area (Å²) in [6.45, 7) is 42.4. The SMILES string of the molecule is CC(C)(C)c1ccc(N(c2ccc(C(C)(C)C)cc2)c2cc3c4c(c2)C(C)(C)c2cc(N(c5ccc(C(C)(C)C)cc5)c5ccc(C(C)(C)C)cc5)cc5c2N4c2c(cccc2C5(C)C)C3(C)C)cc1. The summed E-state index contributed by atoms with van der Waals surface area (Å²) in [7, 11) is 0. The molecule has 0 amide bonds. The van der Waals surface area contributed by atoms with E-state index in [0.29, 0.717) is 0 Å². The Morgan fingerprint density at radius 2 is 0.500 bits per heavy atom. The summed E-state index contributed by atoms with van der Waals surface area (Å²) < 4.78 is 0. The highest BCUT2D eigenvalue weighted by Gasteiger charge is 2.52. The zero-order valence-corrected chi connectivity index (χ0v) is 45.6. The van der Waals surface area contributed by atoms with E-state index in [1.807, 2.05) is 0 Å². The highest BCUT2D eigenvalue weighted by Crippen LogP contribution is 2.67. The van der Waals surface area contributed by atoms with Crippen molar-refractivity contribution in [3.63, 3.8) is 0 Å². The van der Waals surface area contributed by atoms with Gasteiger partial charge in [0.25, 0.3) is 0 Å². The van der Waals surface area contributed by atoms with Gasteiger partial charge in [0, 0.05) is 50.4 Å². The Balaban J connectivity index is 1.25. The van der Waals surface area contributed by atoms with Gasteiger partial charge in [0.05, 0.1) is 17.1 Å². The van der Waals surface area contributed by atoms with Gasteiger partial charge in [-0.3, -0.25) is 0 Å². The lowest BCUT2D eigenvalue weighted by atomic mass is 9.60. The molecule has 3 aliphatic rings. The zero-order chi connectivity index (χ0) is 50.5. The van der Waals surface area contributed by atoms with E-state index in [9.17, 15) is 0 Å². The highest BCUT2D eigenvalue weighted by molar-refractivity contribution is 6.00. The van der Waals surface area contributed by atoms with Crippen molar-refractivity contribution in [2.45, 2.75) is 163 Å². The standard InChI is InChI=1S/C67H77N3/c1-61(2,3)42-22-30-46(31-23-42)68(47-32-24-43(25-33-47)62(4,5)6)50-38-54-59-56(40-50)67(17,18)57-41-51(39-55-60(57)70(59)58-52(65(54,13)14)20-19-21-53(58)66(55,15)16)69(48-34-26-44(27-35-48)63(7,8)9)49-36-28-45(29-37-49)64(10,11)12/h19-41H,1-18H3. The summed E-state index contributed by atoms with van der Waals surface area (Å²) >= 11 is 0. The Morgan fingerprint density at radius 3 is 0.729 bits per heavy atom. The van der Waals surface area contributed by atoms with Gasteiger partial charge in [-0.15, -0.1) is 0 Å². The molecule has 0 atom stereocenters. The Kier molecular flexibility index (Phi) is 10.5. The van der Waals surface area contributed by atoms with Crippen LogP contribution in [0.25, 0.3) is 0 Å². The van der Waals surface area contributed by atoms with Gasteiger partial charge in [-0.25, -0.2) is 0 Å². The van der Waals surface area contributed by atoms with Crippen LogP contribution in [0.5, 0.6) is 0 Å². The summed E-state index contributed by atoms with van der Waals surface area (Å²) in [5.74, 6) is 0. The molecule has 0 radical (unpaired) electrons. The first-order chi connectivity index (χ1) is 32.5. The van der Waals surface area contributed by atoms with Crippen LogP contribution < -0.4 is 14.7 Å². The van der Waals surface area contributed by atoms with Crippen LogP contribution in [0, 0.1) is 0 Å². The molecule has 0 N–H and O–H groups in total. The fraction of sp³-hybridized carbons (Fsp3) is 0.373. The van der Waals surface area contributed by atoms with Gasteiger partial charge < -0.3 is 14.7 Å². The van der Waals surface area contributed by atoms with E-state index in [4.69, 9.17) is 0 Å². The van der Waals surface area contributed by atoms with Crippen molar-refractivity contribution in [1.82, 2.24) is 0 Å². The second-order valence-corrected chi connectivity index (χ2v) is 26.5. The summed E-state index contributed by atoms with van der Waals surface area (Å²) in [6.07, 6.45) is 0. The number of nitrogens with zero attached hydrogens (tertiary/aromatic N) is 3. The maximum absolute atomic E-state index is 2.70. The molecule has 3 aliphatic heterocycles. The number of para-hydroxylation sites is 1. The van der Waals surface area contributed by atoms with Crippen molar-refractivity contribution in [2.75, 3.05) is 14.7 Å². The molecule has 0 unspecified atom stereocenters. The van der Waals surface area contributed by atoms with E-state index < -0.39 is 0 Å². The molecule has 3 heterocycles. The monoisotopic (exact) mass is 924 g/mol. The molecule has 3 heteroatoms. The molecule has 3 nitrogen and oxygen atoms in total. The van der Waals surface area contributed by atoms with E-state index in [-0.39, 0.29) is 37.9 Å². The quantitative estimate of drug-likeness (QED) is 0.165. The minimum absolute atomic E-state index is 0.0451. The molecule has 0 spiro atoms. The molecule has 0 bridgehead atoms. The third-order valence-electron chi connectivity index (χ3n) is 16.4. The van der Waals surface area contributed by atoms with Crippen molar-refractivity contribution in [1.29, 1.82) is 0 Å². The third kappa shape index (κ3) is 7.43. The maximum atomic E-state index is 2.70. The number of hydrogen-bond acceptors (Lipinski definition) is 3. The van der Waals surface area contributed by atoms with Gasteiger partial charge in [-0.1, -0.05) is 191 Å². The Morgan fingerprint density at radius 1 is 0.286 bits per heavy atom. The van der Waals surface area contributed by atoms with Crippen LogP contribution in [0.1, 0.15) is 180 Å². The fourth-order valence-electron chi connectivity index (χ4n) is 11.8. The summed E-state index contributed by atoms with van der Waals surface area (Å²) in [5, 5.41) is 0. The molecule has 0 saturated heterocycles. The van der Waals surface area contributed by atoms with Gasteiger partial charge in [-0.05, 0) is 150 Å². The first-order valence-electron chi connectivity index (χ1n) is 25.9. The largest absolute Gasteiger partial charge is 0.310 e. The molecular formula is C67H77N3. The first-order valence-corrected chi connectivity index (χ1v) is 25.9. The molecule has 0 saturated carbocycles.